The number of phenolic OH excluding ortho intramolecular Hbond substituents is 2. The molecule has 0 aromatic heterocycles. The lowest BCUT2D eigenvalue weighted by Crippen LogP contribution is -2.30. The van der Waals surface area contributed by atoms with Gasteiger partial charge in [-0.15, -0.1) is 0 Å². The maximum absolute atomic E-state index is 9.76. The van der Waals surface area contributed by atoms with Crippen LogP contribution in [0.4, 0.5) is 0 Å². The third-order valence-corrected chi connectivity index (χ3v) is 3.81. The van der Waals surface area contributed by atoms with Crippen molar-refractivity contribution in [3.8, 4) is 17.2 Å². The Morgan fingerprint density at radius 2 is 1.86 bits per heavy atom. The van der Waals surface area contributed by atoms with E-state index >= 15 is 0 Å². The van der Waals surface area contributed by atoms with E-state index in [4.69, 9.17) is 4.74 Å². The van der Waals surface area contributed by atoms with Gasteiger partial charge in [-0.3, -0.25) is 0 Å². The molecular weight excluding hydrogens is 266 g/mol. The van der Waals surface area contributed by atoms with Crippen molar-refractivity contribution in [1.29, 1.82) is 0 Å². The van der Waals surface area contributed by atoms with Crippen molar-refractivity contribution in [3.05, 3.63) is 53.1 Å². The Bertz CT molecular complexity index is 637. The zero-order chi connectivity index (χ0) is 14.8. The van der Waals surface area contributed by atoms with Gasteiger partial charge in [0.2, 0.25) is 0 Å². The highest BCUT2D eigenvalue weighted by atomic mass is 16.5. The minimum atomic E-state index is -0.0756. The molecule has 2 aromatic rings. The molecule has 1 aliphatic heterocycles. The van der Waals surface area contributed by atoms with Crippen LogP contribution in [0.2, 0.25) is 0 Å². The van der Waals surface area contributed by atoms with E-state index in [-0.39, 0.29) is 17.5 Å². The standard InChI is InChI=1S/C17H19NO3/c1-2-21-13-5-3-11(4-6-13)17-14-10-16(20)15(19)9-12(14)7-8-18-17/h3-6,9-10,17-20H,2,7-8H2,1H3. The SMILES string of the molecule is CCOc1ccc(C2NCCc3cc(O)c(O)cc32)cc1. The van der Waals surface area contributed by atoms with Crippen LogP contribution in [0.3, 0.4) is 0 Å². The second kappa shape index (κ2) is 5.66. The van der Waals surface area contributed by atoms with Gasteiger partial charge in [0.05, 0.1) is 12.6 Å². The van der Waals surface area contributed by atoms with Gasteiger partial charge in [0.1, 0.15) is 5.75 Å². The molecule has 21 heavy (non-hydrogen) atoms. The van der Waals surface area contributed by atoms with Crippen LogP contribution >= 0.6 is 0 Å². The molecule has 0 bridgehead atoms. The first-order valence-corrected chi connectivity index (χ1v) is 7.20. The molecule has 4 heteroatoms. The molecule has 2 aromatic carbocycles. The maximum atomic E-state index is 9.76. The predicted molar refractivity (Wildman–Crippen MR) is 80.9 cm³/mol. The smallest absolute Gasteiger partial charge is 0.157 e. The van der Waals surface area contributed by atoms with Crippen LogP contribution in [0.15, 0.2) is 36.4 Å². The molecule has 0 radical (unpaired) electrons. The summed E-state index contributed by atoms with van der Waals surface area (Å²) in [5.74, 6) is 0.723. The van der Waals surface area contributed by atoms with Crippen molar-refractivity contribution >= 4 is 0 Å². The first kappa shape index (κ1) is 13.8. The summed E-state index contributed by atoms with van der Waals surface area (Å²) in [6, 6.07) is 11.3. The fourth-order valence-electron chi connectivity index (χ4n) is 2.80. The van der Waals surface area contributed by atoms with Crippen molar-refractivity contribution in [2.75, 3.05) is 13.2 Å². The van der Waals surface area contributed by atoms with Crippen molar-refractivity contribution in [2.45, 2.75) is 19.4 Å². The quantitative estimate of drug-likeness (QED) is 0.759. The summed E-state index contributed by atoms with van der Waals surface area (Å²) in [4.78, 5) is 0. The van der Waals surface area contributed by atoms with Crippen molar-refractivity contribution in [1.82, 2.24) is 5.32 Å². The largest absolute Gasteiger partial charge is 0.504 e. The molecule has 1 aliphatic rings. The third kappa shape index (κ3) is 2.67. The molecule has 0 aliphatic carbocycles. The van der Waals surface area contributed by atoms with Gasteiger partial charge in [-0.05, 0) is 54.3 Å². The number of ether oxygens (including phenoxy) is 1. The molecule has 3 rings (SSSR count). The van der Waals surface area contributed by atoms with Gasteiger partial charge in [0.15, 0.2) is 11.5 Å². The summed E-state index contributed by atoms with van der Waals surface area (Å²) in [5, 5.41) is 22.9. The second-order valence-electron chi connectivity index (χ2n) is 5.18. The van der Waals surface area contributed by atoms with E-state index < -0.39 is 0 Å². The molecule has 1 unspecified atom stereocenters. The minimum Gasteiger partial charge on any atom is -0.504 e. The number of phenols is 2. The average molecular weight is 285 g/mol. The van der Waals surface area contributed by atoms with Gasteiger partial charge in [-0.1, -0.05) is 12.1 Å². The third-order valence-electron chi connectivity index (χ3n) is 3.81. The fourth-order valence-corrected chi connectivity index (χ4v) is 2.80. The zero-order valence-corrected chi connectivity index (χ0v) is 12.0. The first-order chi connectivity index (χ1) is 10.2. The van der Waals surface area contributed by atoms with Crippen LogP contribution in [0.25, 0.3) is 0 Å². The molecule has 1 atom stereocenters. The molecule has 0 fully saturated rings. The molecular formula is C17H19NO3. The van der Waals surface area contributed by atoms with Crippen LogP contribution in [-0.4, -0.2) is 23.4 Å². The summed E-state index contributed by atoms with van der Waals surface area (Å²) in [6.45, 7) is 3.45. The summed E-state index contributed by atoms with van der Waals surface area (Å²) in [6.07, 6.45) is 0.844. The van der Waals surface area contributed by atoms with Gasteiger partial charge in [-0.25, -0.2) is 0 Å². The Morgan fingerprint density at radius 3 is 2.57 bits per heavy atom. The molecule has 3 N–H and O–H groups in total. The Kier molecular flexibility index (Phi) is 3.71. The molecule has 4 nitrogen and oxygen atoms in total. The van der Waals surface area contributed by atoms with Gasteiger partial charge in [0.25, 0.3) is 0 Å². The van der Waals surface area contributed by atoms with Crippen molar-refractivity contribution < 1.29 is 14.9 Å². The molecule has 0 saturated carbocycles. The van der Waals surface area contributed by atoms with Crippen molar-refractivity contribution in [2.24, 2.45) is 0 Å². The minimum absolute atomic E-state index is 0.0240. The molecule has 0 spiro atoms. The summed E-state index contributed by atoms with van der Waals surface area (Å²) in [7, 11) is 0. The van der Waals surface area contributed by atoms with Gasteiger partial charge in [0, 0.05) is 6.54 Å². The number of rotatable bonds is 3. The van der Waals surface area contributed by atoms with Crippen molar-refractivity contribution in [3.63, 3.8) is 0 Å². The van der Waals surface area contributed by atoms with Gasteiger partial charge < -0.3 is 20.3 Å². The van der Waals surface area contributed by atoms with Crippen LogP contribution < -0.4 is 10.1 Å². The predicted octanol–water partition coefficient (Wildman–Crippen LogP) is 2.73. The van der Waals surface area contributed by atoms with E-state index in [1.54, 1.807) is 12.1 Å². The Labute approximate surface area is 124 Å². The summed E-state index contributed by atoms with van der Waals surface area (Å²) in [5.41, 5.74) is 3.20. The molecule has 0 amide bonds. The highest BCUT2D eigenvalue weighted by Crippen LogP contribution is 2.36. The zero-order valence-electron chi connectivity index (χ0n) is 12.0. The normalized spacial score (nSPS) is 17.3. The fraction of sp³-hybridized carbons (Fsp3) is 0.294. The van der Waals surface area contributed by atoms with E-state index in [9.17, 15) is 10.2 Å². The monoisotopic (exact) mass is 285 g/mol. The maximum Gasteiger partial charge on any atom is 0.157 e. The second-order valence-corrected chi connectivity index (χ2v) is 5.18. The molecule has 0 saturated heterocycles. The number of nitrogens with one attached hydrogen (secondary N) is 1. The van der Waals surface area contributed by atoms with Crippen LogP contribution in [0.5, 0.6) is 17.2 Å². The number of hydrogen-bond acceptors (Lipinski definition) is 4. The van der Waals surface area contributed by atoms with E-state index in [2.05, 4.69) is 5.32 Å². The average Bonchev–Trinajstić information content (AvgIpc) is 2.49. The van der Waals surface area contributed by atoms with E-state index in [0.717, 1.165) is 35.4 Å². The lowest BCUT2D eigenvalue weighted by atomic mass is 9.89. The van der Waals surface area contributed by atoms with Crippen LogP contribution in [0, 0.1) is 0 Å². The number of hydrogen-bond donors (Lipinski definition) is 3. The van der Waals surface area contributed by atoms with Gasteiger partial charge in [-0.2, -0.15) is 0 Å². The number of aromatic hydroxyl groups is 2. The van der Waals surface area contributed by atoms with E-state index in [1.165, 1.54) is 0 Å². The van der Waals surface area contributed by atoms with E-state index in [0.29, 0.717) is 6.61 Å². The number of fused-ring (bicyclic) bond motifs is 1. The lowest BCUT2D eigenvalue weighted by Gasteiger charge is -2.28. The highest BCUT2D eigenvalue weighted by Gasteiger charge is 2.23. The first-order valence-electron chi connectivity index (χ1n) is 7.20. The van der Waals surface area contributed by atoms with E-state index in [1.807, 2.05) is 31.2 Å². The Morgan fingerprint density at radius 1 is 1.14 bits per heavy atom. The topological polar surface area (TPSA) is 61.7 Å². The lowest BCUT2D eigenvalue weighted by molar-refractivity contribution is 0.340. The van der Waals surface area contributed by atoms with Gasteiger partial charge >= 0.3 is 0 Å². The summed E-state index contributed by atoms with van der Waals surface area (Å²) < 4.78 is 5.46. The Hall–Kier alpha value is -2.20. The molecule has 1 heterocycles. The highest BCUT2D eigenvalue weighted by molar-refractivity contribution is 5.50. The van der Waals surface area contributed by atoms with Crippen LogP contribution in [-0.2, 0) is 6.42 Å². The van der Waals surface area contributed by atoms with Crippen LogP contribution in [0.1, 0.15) is 29.7 Å². The summed E-state index contributed by atoms with van der Waals surface area (Å²) >= 11 is 0. The Balaban J connectivity index is 1.96. The molecule has 110 valence electrons. The number of benzene rings is 2.